The van der Waals surface area contributed by atoms with E-state index in [9.17, 15) is 4.79 Å². The molecule has 0 amide bonds. The SMILES string of the molecule is CN(Cc1cc(=O)n2[nH]ccc2n1)C1CCCN(c2cccnn2)C1. The van der Waals surface area contributed by atoms with Crippen LogP contribution in [0.1, 0.15) is 18.5 Å². The van der Waals surface area contributed by atoms with Crippen LogP contribution in [0.5, 0.6) is 0 Å². The Morgan fingerprint density at radius 1 is 1.40 bits per heavy atom. The molecule has 1 N–H and O–H groups in total. The van der Waals surface area contributed by atoms with E-state index in [1.165, 1.54) is 4.52 Å². The van der Waals surface area contributed by atoms with Crippen LogP contribution in [0, 0.1) is 0 Å². The van der Waals surface area contributed by atoms with Crippen molar-refractivity contribution in [3.63, 3.8) is 0 Å². The van der Waals surface area contributed by atoms with E-state index in [1.54, 1.807) is 24.5 Å². The van der Waals surface area contributed by atoms with Crippen molar-refractivity contribution in [2.24, 2.45) is 0 Å². The maximum Gasteiger partial charge on any atom is 0.272 e. The molecule has 1 atom stereocenters. The fraction of sp³-hybridized carbons (Fsp3) is 0.412. The van der Waals surface area contributed by atoms with Crippen LogP contribution in [0.2, 0.25) is 0 Å². The Labute approximate surface area is 145 Å². The number of rotatable bonds is 4. The summed E-state index contributed by atoms with van der Waals surface area (Å²) in [5.41, 5.74) is 1.37. The number of hydrogen-bond donors (Lipinski definition) is 1. The average Bonchev–Trinajstić information content (AvgIpc) is 3.12. The van der Waals surface area contributed by atoms with Crippen molar-refractivity contribution in [2.75, 3.05) is 25.0 Å². The summed E-state index contributed by atoms with van der Waals surface area (Å²) in [5, 5.41) is 11.1. The van der Waals surface area contributed by atoms with Gasteiger partial charge in [-0.05, 0) is 32.0 Å². The van der Waals surface area contributed by atoms with Crippen molar-refractivity contribution in [3.05, 3.63) is 52.7 Å². The number of anilines is 1. The first kappa shape index (κ1) is 15.8. The summed E-state index contributed by atoms with van der Waals surface area (Å²) in [6.07, 6.45) is 5.65. The quantitative estimate of drug-likeness (QED) is 0.761. The molecule has 25 heavy (non-hydrogen) atoms. The minimum atomic E-state index is -0.0803. The Hall–Kier alpha value is -2.74. The molecular weight excluding hydrogens is 318 g/mol. The Morgan fingerprint density at radius 3 is 3.16 bits per heavy atom. The zero-order chi connectivity index (χ0) is 17.2. The molecule has 8 nitrogen and oxygen atoms in total. The highest BCUT2D eigenvalue weighted by molar-refractivity contribution is 5.37. The number of aromatic nitrogens is 5. The number of likely N-dealkylation sites (N-methyl/N-ethyl adjacent to an activating group) is 1. The highest BCUT2D eigenvalue weighted by Gasteiger charge is 2.24. The third kappa shape index (κ3) is 3.25. The van der Waals surface area contributed by atoms with Gasteiger partial charge in [-0.3, -0.25) is 14.8 Å². The molecule has 0 bridgehead atoms. The van der Waals surface area contributed by atoms with E-state index in [-0.39, 0.29) is 5.56 Å². The number of nitrogens with zero attached hydrogens (tertiary/aromatic N) is 6. The van der Waals surface area contributed by atoms with Gasteiger partial charge in [-0.25, -0.2) is 9.50 Å². The normalized spacial score (nSPS) is 18.2. The Kier molecular flexibility index (Phi) is 4.19. The lowest BCUT2D eigenvalue weighted by molar-refractivity contribution is 0.205. The topological polar surface area (TPSA) is 82.4 Å². The van der Waals surface area contributed by atoms with Gasteiger partial charge in [0.1, 0.15) is 0 Å². The number of piperidine rings is 1. The molecule has 1 unspecified atom stereocenters. The molecule has 1 aliphatic rings. The third-order valence-corrected chi connectivity index (χ3v) is 4.75. The number of nitrogens with one attached hydrogen (secondary N) is 1. The third-order valence-electron chi connectivity index (χ3n) is 4.75. The zero-order valence-corrected chi connectivity index (χ0v) is 14.2. The molecule has 130 valence electrons. The van der Waals surface area contributed by atoms with E-state index in [1.807, 2.05) is 12.1 Å². The van der Waals surface area contributed by atoms with Crippen molar-refractivity contribution in [2.45, 2.75) is 25.4 Å². The smallest absolute Gasteiger partial charge is 0.272 e. The minimum absolute atomic E-state index is 0.0803. The van der Waals surface area contributed by atoms with Gasteiger partial charge >= 0.3 is 0 Å². The van der Waals surface area contributed by atoms with Crippen molar-refractivity contribution < 1.29 is 0 Å². The van der Waals surface area contributed by atoms with Crippen LogP contribution < -0.4 is 10.5 Å². The van der Waals surface area contributed by atoms with Crippen LogP contribution >= 0.6 is 0 Å². The van der Waals surface area contributed by atoms with E-state index in [2.05, 4.69) is 37.1 Å². The summed E-state index contributed by atoms with van der Waals surface area (Å²) in [7, 11) is 2.09. The molecule has 0 spiro atoms. The van der Waals surface area contributed by atoms with Gasteiger partial charge in [-0.2, -0.15) is 5.10 Å². The summed E-state index contributed by atoms with van der Waals surface area (Å²) in [6, 6.07) is 7.71. The van der Waals surface area contributed by atoms with Crippen LogP contribution in [0.15, 0.2) is 41.5 Å². The van der Waals surface area contributed by atoms with Gasteiger partial charge < -0.3 is 4.90 Å². The molecule has 1 fully saturated rings. The molecule has 0 radical (unpaired) electrons. The van der Waals surface area contributed by atoms with E-state index in [0.29, 0.717) is 18.2 Å². The summed E-state index contributed by atoms with van der Waals surface area (Å²) in [6.45, 7) is 2.55. The molecule has 3 aromatic heterocycles. The largest absolute Gasteiger partial charge is 0.354 e. The van der Waals surface area contributed by atoms with Crippen LogP contribution in [0.4, 0.5) is 5.82 Å². The maximum atomic E-state index is 12.1. The van der Waals surface area contributed by atoms with E-state index in [4.69, 9.17) is 0 Å². The van der Waals surface area contributed by atoms with Crippen molar-refractivity contribution >= 4 is 11.5 Å². The molecule has 0 aromatic carbocycles. The van der Waals surface area contributed by atoms with Crippen LogP contribution in [0.25, 0.3) is 5.65 Å². The highest BCUT2D eigenvalue weighted by atomic mass is 16.1. The Bertz CT molecular complexity index is 904. The lowest BCUT2D eigenvalue weighted by atomic mass is 10.0. The number of hydrogen-bond acceptors (Lipinski definition) is 6. The van der Waals surface area contributed by atoms with Gasteiger partial charge in [0, 0.05) is 50.2 Å². The molecular formula is C17H21N7O. The number of aromatic amines is 1. The minimum Gasteiger partial charge on any atom is -0.354 e. The molecule has 4 rings (SSSR count). The van der Waals surface area contributed by atoms with Gasteiger partial charge in [0.2, 0.25) is 0 Å². The van der Waals surface area contributed by atoms with Gasteiger partial charge in [0.25, 0.3) is 5.56 Å². The predicted molar refractivity (Wildman–Crippen MR) is 94.5 cm³/mol. The molecule has 4 heterocycles. The highest BCUT2D eigenvalue weighted by Crippen LogP contribution is 2.20. The monoisotopic (exact) mass is 339 g/mol. The maximum absolute atomic E-state index is 12.1. The zero-order valence-electron chi connectivity index (χ0n) is 14.2. The lowest BCUT2D eigenvalue weighted by Gasteiger charge is -2.37. The molecule has 0 saturated carbocycles. The second-order valence-corrected chi connectivity index (χ2v) is 6.48. The predicted octanol–water partition coefficient (Wildman–Crippen LogP) is 0.913. The molecule has 1 aliphatic heterocycles. The van der Waals surface area contributed by atoms with Crippen molar-refractivity contribution in [1.29, 1.82) is 0 Å². The number of fused-ring (bicyclic) bond motifs is 1. The van der Waals surface area contributed by atoms with E-state index < -0.39 is 0 Å². The first-order chi connectivity index (χ1) is 12.2. The standard InChI is InChI=1S/C17H21N7O/c1-22(11-13-10-17(25)24-15(20-13)6-8-19-24)14-4-3-9-23(12-14)16-5-2-7-18-21-16/h2,5-8,10,14,19H,3-4,9,11-12H2,1H3. The number of H-pyrrole nitrogens is 1. The second-order valence-electron chi connectivity index (χ2n) is 6.48. The van der Waals surface area contributed by atoms with Gasteiger partial charge in [-0.15, -0.1) is 5.10 Å². The van der Waals surface area contributed by atoms with Crippen LogP contribution in [0.3, 0.4) is 0 Å². The Balaban J connectivity index is 1.48. The lowest BCUT2D eigenvalue weighted by Crippen LogP contribution is -2.46. The molecule has 1 saturated heterocycles. The van der Waals surface area contributed by atoms with Gasteiger partial charge in [0.05, 0.1) is 5.69 Å². The van der Waals surface area contributed by atoms with Gasteiger partial charge in [-0.1, -0.05) is 0 Å². The van der Waals surface area contributed by atoms with Crippen LogP contribution in [-0.2, 0) is 6.54 Å². The Morgan fingerprint density at radius 2 is 2.32 bits per heavy atom. The van der Waals surface area contributed by atoms with Crippen molar-refractivity contribution in [1.82, 2.24) is 29.7 Å². The first-order valence-corrected chi connectivity index (χ1v) is 8.50. The summed E-state index contributed by atoms with van der Waals surface area (Å²) in [5.74, 6) is 0.922. The summed E-state index contributed by atoms with van der Waals surface area (Å²) < 4.78 is 1.44. The fourth-order valence-electron chi connectivity index (χ4n) is 3.43. The first-order valence-electron chi connectivity index (χ1n) is 8.50. The second kappa shape index (κ2) is 6.64. The molecule has 0 aliphatic carbocycles. The summed E-state index contributed by atoms with van der Waals surface area (Å²) >= 11 is 0. The van der Waals surface area contributed by atoms with E-state index in [0.717, 1.165) is 37.4 Å². The van der Waals surface area contributed by atoms with E-state index >= 15 is 0 Å². The van der Waals surface area contributed by atoms with Crippen LogP contribution in [-0.4, -0.2) is 55.9 Å². The van der Waals surface area contributed by atoms with Crippen molar-refractivity contribution in [3.8, 4) is 0 Å². The van der Waals surface area contributed by atoms with Gasteiger partial charge in [0.15, 0.2) is 11.5 Å². The molecule has 3 aromatic rings. The average molecular weight is 339 g/mol. The fourth-order valence-corrected chi connectivity index (χ4v) is 3.43. The summed E-state index contributed by atoms with van der Waals surface area (Å²) in [4.78, 5) is 21.2. The molecule has 8 heteroatoms.